The molecule has 33 heavy (non-hydrogen) atoms. The number of rotatable bonds is 7. The van der Waals surface area contributed by atoms with Crippen LogP contribution in [0.3, 0.4) is 0 Å². The molecule has 3 rings (SSSR count). The molecule has 0 amide bonds. The Morgan fingerprint density at radius 1 is 1.18 bits per heavy atom. The molecule has 0 radical (unpaired) electrons. The monoisotopic (exact) mass is 483 g/mol. The topological polar surface area (TPSA) is 77.8 Å². The first kappa shape index (κ1) is 24.4. The van der Waals surface area contributed by atoms with Gasteiger partial charge in [-0.15, -0.1) is 13.2 Å². The molecule has 0 aliphatic heterocycles. The fourth-order valence-electron chi connectivity index (χ4n) is 3.91. The number of benzene rings is 2. The number of carboxylic acids is 1. The number of fused-ring (bicyclic) bond motifs is 1. The number of halogens is 4. The van der Waals surface area contributed by atoms with Gasteiger partial charge in [-0.1, -0.05) is 24.9 Å². The van der Waals surface area contributed by atoms with Crippen LogP contribution < -0.4 is 9.47 Å². The highest BCUT2D eigenvalue weighted by Crippen LogP contribution is 2.39. The van der Waals surface area contributed by atoms with E-state index in [2.05, 4.69) is 4.74 Å². The number of aromatic nitrogens is 1. The maximum absolute atomic E-state index is 13.4. The molecule has 0 saturated heterocycles. The Bertz CT molecular complexity index is 1200. The van der Waals surface area contributed by atoms with Gasteiger partial charge in [0.2, 0.25) is 0 Å². The van der Waals surface area contributed by atoms with Crippen molar-refractivity contribution in [2.24, 2.45) is 0 Å². The van der Waals surface area contributed by atoms with Crippen LogP contribution in [0.1, 0.15) is 47.3 Å². The predicted molar refractivity (Wildman–Crippen MR) is 116 cm³/mol. The third kappa shape index (κ3) is 4.93. The summed E-state index contributed by atoms with van der Waals surface area (Å²) in [4.78, 5) is 25.4. The Hall–Kier alpha value is -3.20. The van der Waals surface area contributed by atoms with E-state index >= 15 is 0 Å². The SMILES string of the molecule is CCCC(C(=O)O)c1c(C)n(C(=O)c2ccc(OC(F)(F)F)cc2)c2cc(Cl)c(OC)cc12. The van der Waals surface area contributed by atoms with Crippen molar-refractivity contribution in [1.29, 1.82) is 0 Å². The summed E-state index contributed by atoms with van der Waals surface area (Å²) in [6.07, 6.45) is -3.91. The summed E-state index contributed by atoms with van der Waals surface area (Å²) in [6, 6.07) is 7.60. The minimum atomic E-state index is -4.85. The summed E-state index contributed by atoms with van der Waals surface area (Å²) in [5.41, 5.74) is 1.32. The van der Waals surface area contributed by atoms with Crippen LogP contribution in [0.2, 0.25) is 5.02 Å². The van der Waals surface area contributed by atoms with E-state index in [1.807, 2.05) is 6.92 Å². The number of hydrogen-bond acceptors (Lipinski definition) is 4. The van der Waals surface area contributed by atoms with Gasteiger partial charge in [-0.05, 0) is 55.3 Å². The summed E-state index contributed by atoms with van der Waals surface area (Å²) < 4.78 is 47.8. The van der Waals surface area contributed by atoms with Crippen molar-refractivity contribution >= 4 is 34.4 Å². The predicted octanol–water partition coefficient (Wildman–Crippen LogP) is 6.17. The summed E-state index contributed by atoms with van der Waals surface area (Å²) in [5.74, 6) is -2.60. The lowest BCUT2D eigenvalue weighted by Crippen LogP contribution is -2.18. The molecule has 6 nitrogen and oxygen atoms in total. The van der Waals surface area contributed by atoms with Crippen LogP contribution >= 0.6 is 11.6 Å². The average Bonchev–Trinajstić information content (AvgIpc) is 3.00. The Balaban J connectivity index is 2.20. The fourth-order valence-corrected chi connectivity index (χ4v) is 4.14. The van der Waals surface area contributed by atoms with Crippen molar-refractivity contribution in [2.45, 2.75) is 39.0 Å². The zero-order valence-corrected chi connectivity index (χ0v) is 18.8. The maximum atomic E-state index is 13.4. The number of methoxy groups -OCH3 is 1. The van der Waals surface area contributed by atoms with E-state index in [4.69, 9.17) is 16.3 Å². The Morgan fingerprint density at radius 2 is 1.82 bits per heavy atom. The number of carbonyl (C=O) groups is 2. The summed E-state index contributed by atoms with van der Waals surface area (Å²) in [7, 11) is 1.42. The van der Waals surface area contributed by atoms with Gasteiger partial charge in [-0.3, -0.25) is 14.2 Å². The lowest BCUT2D eigenvalue weighted by molar-refractivity contribution is -0.274. The molecule has 0 spiro atoms. The molecule has 0 aliphatic carbocycles. The van der Waals surface area contributed by atoms with Crippen molar-refractivity contribution in [2.75, 3.05) is 7.11 Å². The second-order valence-electron chi connectivity index (χ2n) is 7.40. The number of alkyl halides is 3. The number of aliphatic carboxylic acids is 1. The quantitative estimate of drug-likeness (QED) is 0.435. The molecule has 1 heterocycles. The molecule has 0 aliphatic rings. The van der Waals surface area contributed by atoms with E-state index in [0.717, 1.165) is 12.1 Å². The van der Waals surface area contributed by atoms with Crippen molar-refractivity contribution < 1.29 is 37.3 Å². The van der Waals surface area contributed by atoms with E-state index < -0.39 is 29.9 Å². The number of ether oxygens (including phenoxy) is 2. The maximum Gasteiger partial charge on any atom is 0.573 e. The molecule has 1 unspecified atom stereocenters. The van der Waals surface area contributed by atoms with Gasteiger partial charge in [0.25, 0.3) is 5.91 Å². The van der Waals surface area contributed by atoms with E-state index in [0.29, 0.717) is 40.8 Å². The smallest absolute Gasteiger partial charge is 0.495 e. The van der Waals surface area contributed by atoms with E-state index in [1.54, 1.807) is 13.0 Å². The standard InChI is InChI=1S/C23H21ClF3NO5/c1-4-5-15(22(30)31)20-12(2)28(18-11-17(24)19(32-3)10-16(18)20)21(29)13-6-8-14(9-7-13)33-23(25,26)27/h6-11,15H,4-5H2,1-3H3,(H,30,31). The average molecular weight is 484 g/mol. The highest BCUT2D eigenvalue weighted by molar-refractivity contribution is 6.33. The minimum Gasteiger partial charge on any atom is -0.495 e. The Morgan fingerprint density at radius 3 is 2.33 bits per heavy atom. The zero-order valence-electron chi connectivity index (χ0n) is 18.0. The summed E-state index contributed by atoms with van der Waals surface area (Å²) in [6.45, 7) is 3.48. The van der Waals surface area contributed by atoms with Crippen LogP contribution in [0, 0.1) is 6.92 Å². The van der Waals surface area contributed by atoms with Gasteiger partial charge in [0.15, 0.2) is 0 Å². The van der Waals surface area contributed by atoms with Crippen LogP contribution in [0.5, 0.6) is 11.5 Å². The van der Waals surface area contributed by atoms with Crippen molar-refractivity contribution in [1.82, 2.24) is 4.57 Å². The number of nitrogens with zero attached hydrogens (tertiary/aromatic N) is 1. The second kappa shape index (κ2) is 9.35. The van der Waals surface area contributed by atoms with Gasteiger partial charge < -0.3 is 14.6 Å². The van der Waals surface area contributed by atoms with Gasteiger partial charge in [0.1, 0.15) is 11.5 Å². The van der Waals surface area contributed by atoms with Crippen molar-refractivity contribution in [3.05, 3.63) is 58.2 Å². The minimum absolute atomic E-state index is 0.0883. The van der Waals surface area contributed by atoms with Crippen LogP contribution in [-0.4, -0.2) is 35.0 Å². The van der Waals surface area contributed by atoms with Gasteiger partial charge in [-0.2, -0.15) is 0 Å². The summed E-state index contributed by atoms with van der Waals surface area (Å²) in [5, 5.41) is 10.6. The van der Waals surface area contributed by atoms with Crippen molar-refractivity contribution in [3.63, 3.8) is 0 Å². The van der Waals surface area contributed by atoms with E-state index in [1.165, 1.54) is 29.9 Å². The zero-order chi connectivity index (χ0) is 24.5. The van der Waals surface area contributed by atoms with E-state index in [9.17, 15) is 27.9 Å². The molecule has 0 saturated carbocycles. The van der Waals surface area contributed by atoms with Gasteiger partial charge in [-0.25, -0.2) is 0 Å². The van der Waals surface area contributed by atoms with Crippen molar-refractivity contribution in [3.8, 4) is 11.5 Å². The van der Waals surface area contributed by atoms with Gasteiger partial charge in [0.05, 0.1) is 23.6 Å². The number of carboxylic acid groups (broad SMARTS) is 1. The molecular formula is C23H21ClF3NO5. The molecule has 176 valence electrons. The first-order valence-corrected chi connectivity index (χ1v) is 10.4. The molecule has 2 aromatic carbocycles. The summed E-state index contributed by atoms with van der Waals surface area (Å²) >= 11 is 6.28. The Kier molecular flexibility index (Phi) is 6.92. The molecular weight excluding hydrogens is 463 g/mol. The largest absolute Gasteiger partial charge is 0.573 e. The first-order chi connectivity index (χ1) is 15.5. The highest BCUT2D eigenvalue weighted by Gasteiger charge is 2.32. The molecule has 0 bridgehead atoms. The molecule has 10 heteroatoms. The molecule has 1 atom stereocenters. The van der Waals surface area contributed by atoms with Crippen LogP contribution in [-0.2, 0) is 4.79 Å². The van der Waals surface area contributed by atoms with Crippen LogP contribution in [0.25, 0.3) is 10.9 Å². The first-order valence-electron chi connectivity index (χ1n) is 10.00. The third-order valence-electron chi connectivity index (χ3n) is 5.29. The van der Waals surface area contributed by atoms with E-state index in [-0.39, 0.29) is 10.6 Å². The molecule has 1 aromatic heterocycles. The fraction of sp³-hybridized carbons (Fsp3) is 0.304. The third-order valence-corrected chi connectivity index (χ3v) is 5.58. The molecule has 0 fully saturated rings. The van der Waals surface area contributed by atoms with Gasteiger partial charge >= 0.3 is 12.3 Å². The normalized spacial score (nSPS) is 12.6. The Labute approximate surface area is 192 Å². The van der Waals surface area contributed by atoms with Crippen LogP contribution in [0.15, 0.2) is 36.4 Å². The lowest BCUT2D eigenvalue weighted by atomic mass is 9.92. The number of hydrogen-bond donors (Lipinski definition) is 1. The molecule has 1 N–H and O–H groups in total. The van der Waals surface area contributed by atoms with Gasteiger partial charge in [0, 0.05) is 16.6 Å². The number of carbonyl (C=O) groups excluding carboxylic acids is 1. The van der Waals surface area contributed by atoms with Crippen LogP contribution in [0.4, 0.5) is 13.2 Å². The lowest BCUT2D eigenvalue weighted by Gasteiger charge is -2.13. The molecule has 3 aromatic rings. The second-order valence-corrected chi connectivity index (χ2v) is 7.80. The highest BCUT2D eigenvalue weighted by atomic mass is 35.5.